The Balaban J connectivity index is 1.84. The van der Waals surface area contributed by atoms with Crippen LogP contribution >= 0.6 is 23.4 Å². The van der Waals surface area contributed by atoms with Crippen molar-refractivity contribution < 1.29 is 14.5 Å². The molecule has 0 bridgehead atoms. The van der Waals surface area contributed by atoms with Crippen molar-refractivity contribution in [2.45, 2.75) is 12.5 Å². The van der Waals surface area contributed by atoms with Crippen LogP contribution in [0.5, 0.6) is 5.88 Å². The van der Waals surface area contributed by atoms with E-state index in [-0.39, 0.29) is 33.9 Å². The largest absolute Gasteiger partial charge is 0.473 e. The number of halogens is 1. The molecule has 1 aliphatic heterocycles. The molecule has 0 radical (unpaired) electrons. The molecule has 1 saturated heterocycles. The van der Waals surface area contributed by atoms with Crippen molar-refractivity contribution in [3.05, 3.63) is 57.2 Å². The number of rotatable bonds is 5. The number of nitro benzene ring substituents is 1. The summed E-state index contributed by atoms with van der Waals surface area (Å²) in [5, 5.41) is 13.9. The molecule has 9 heteroatoms. The number of hydrogen-bond acceptors (Lipinski definition) is 6. The number of ether oxygens (including phenoxy) is 1. The Morgan fingerprint density at radius 2 is 2.28 bits per heavy atom. The van der Waals surface area contributed by atoms with Crippen LogP contribution in [0.3, 0.4) is 0 Å². The lowest BCUT2D eigenvalue weighted by atomic mass is 10.2. The van der Waals surface area contributed by atoms with Crippen molar-refractivity contribution in [3.8, 4) is 5.88 Å². The van der Waals surface area contributed by atoms with E-state index in [1.165, 1.54) is 24.4 Å². The second-order valence-corrected chi connectivity index (χ2v) is 6.92. The summed E-state index contributed by atoms with van der Waals surface area (Å²) < 4.78 is 5.81. The Morgan fingerprint density at radius 1 is 1.44 bits per heavy atom. The predicted molar refractivity (Wildman–Crippen MR) is 96.7 cm³/mol. The number of anilines is 1. The molecule has 25 heavy (non-hydrogen) atoms. The van der Waals surface area contributed by atoms with Crippen LogP contribution in [0.15, 0.2) is 36.5 Å². The van der Waals surface area contributed by atoms with Crippen LogP contribution in [0.2, 0.25) is 5.02 Å². The Kier molecular flexibility index (Phi) is 5.40. The molecule has 2 aromatic rings. The second kappa shape index (κ2) is 7.71. The van der Waals surface area contributed by atoms with Gasteiger partial charge >= 0.3 is 0 Å². The van der Waals surface area contributed by atoms with Crippen molar-refractivity contribution in [3.63, 3.8) is 0 Å². The Hall–Kier alpha value is -2.32. The number of aromatic nitrogens is 1. The molecule has 3 rings (SSSR count). The lowest BCUT2D eigenvalue weighted by molar-refractivity contribution is -0.383. The smallest absolute Gasteiger partial charge is 0.292 e. The highest BCUT2D eigenvalue weighted by Crippen LogP contribution is 2.29. The summed E-state index contributed by atoms with van der Waals surface area (Å²) in [7, 11) is 0. The van der Waals surface area contributed by atoms with E-state index in [0.29, 0.717) is 0 Å². The van der Waals surface area contributed by atoms with Gasteiger partial charge in [-0.25, -0.2) is 4.98 Å². The molecule has 0 spiro atoms. The average Bonchev–Trinajstić information content (AvgIpc) is 3.08. The molecule has 1 aliphatic rings. The lowest BCUT2D eigenvalue weighted by Gasteiger charge is -2.14. The number of benzene rings is 1. The topological polar surface area (TPSA) is 94.4 Å². The fraction of sp³-hybridized carbons (Fsp3) is 0.250. The number of amides is 1. The molecule has 1 fully saturated rings. The Morgan fingerprint density at radius 3 is 3.00 bits per heavy atom. The van der Waals surface area contributed by atoms with E-state index < -0.39 is 10.8 Å². The Labute approximate surface area is 152 Å². The van der Waals surface area contributed by atoms with E-state index in [1.54, 1.807) is 23.9 Å². The van der Waals surface area contributed by atoms with E-state index in [0.717, 1.165) is 17.9 Å². The summed E-state index contributed by atoms with van der Waals surface area (Å²) in [5.74, 6) is 1.53. The van der Waals surface area contributed by atoms with Gasteiger partial charge in [0, 0.05) is 23.0 Å². The van der Waals surface area contributed by atoms with Gasteiger partial charge in [0.15, 0.2) is 0 Å². The van der Waals surface area contributed by atoms with Crippen LogP contribution in [0.1, 0.15) is 16.8 Å². The molecular weight excluding hydrogens is 366 g/mol. The minimum absolute atomic E-state index is 0.00644. The number of nitrogens with zero attached hydrogens (tertiary/aromatic N) is 2. The first-order chi connectivity index (χ1) is 12.0. The van der Waals surface area contributed by atoms with Gasteiger partial charge < -0.3 is 10.1 Å². The van der Waals surface area contributed by atoms with Gasteiger partial charge in [-0.3, -0.25) is 14.9 Å². The molecule has 0 saturated carbocycles. The highest BCUT2D eigenvalue weighted by atomic mass is 35.5. The summed E-state index contributed by atoms with van der Waals surface area (Å²) >= 11 is 7.66. The van der Waals surface area contributed by atoms with Gasteiger partial charge in [0.25, 0.3) is 11.6 Å². The lowest BCUT2D eigenvalue weighted by Crippen LogP contribution is -2.20. The van der Waals surface area contributed by atoms with Gasteiger partial charge in [0.1, 0.15) is 17.4 Å². The number of pyridine rings is 1. The van der Waals surface area contributed by atoms with Crippen LogP contribution in [-0.4, -0.2) is 33.4 Å². The molecular formula is C16H14ClN3O4S. The van der Waals surface area contributed by atoms with Crippen LogP contribution in [0.4, 0.5) is 11.4 Å². The number of hydrogen-bond donors (Lipinski definition) is 1. The molecule has 1 atom stereocenters. The first-order valence-corrected chi connectivity index (χ1v) is 9.02. The molecule has 1 aromatic heterocycles. The molecule has 1 amide bonds. The first kappa shape index (κ1) is 17.5. The third-order valence-electron chi connectivity index (χ3n) is 3.59. The molecule has 2 heterocycles. The van der Waals surface area contributed by atoms with E-state index >= 15 is 0 Å². The standard InChI is InChI=1S/C16H14ClN3O4S/c17-10-3-4-14(20(22)23)13(8-10)19-15(21)12-2-1-6-18-16(12)24-11-5-7-25-9-11/h1-4,6,8,11H,5,7,9H2,(H,19,21). The van der Waals surface area contributed by atoms with Crippen LogP contribution in [-0.2, 0) is 0 Å². The summed E-state index contributed by atoms with van der Waals surface area (Å²) in [6, 6.07) is 7.15. The summed E-state index contributed by atoms with van der Waals surface area (Å²) in [4.78, 5) is 27.3. The van der Waals surface area contributed by atoms with Crippen molar-refractivity contribution >= 4 is 40.6 Å². The number of carbonyl (C=O) groups excluding carboxylic acids is 1. The Bertz CT molecular complexity index is 812. The zero-order valence-corrected chi connectivity index (χ0v) is 14.5. The quantitative estimate of drug-likeness (QED) is 0.627. The number of thioether (sulfide) groups is 1. The van der Waals surface area contributed by atoms with E-state index in [2.05, 4.69) is 10.3 Å². The molecule has 7 nitrogen and oxygen atoms in total. The zero-order valence-electron chi connectivity index (χ0n) is 13.0. The minimum Gasteiger partial charge on any atom is -0.473 e. The van der Waals surface area contributed by atoms with Gasteiger partial charge in [-0.2, -0.15) is 11.8 Å². The monoisotopic (exact) mass is 379 g/mol. The maximum absolute atomic E-state index is 12.6. The van der Waals surface area contributed by atoms with Crippen molar-refractivity contribution in [1.82, 2.24) is 4.98 Å². The molecule has 1 aromatic carbocycles. The third-order valence-corrected chi connectivity index (χ3v) is 4.95. The first-order valence-electron chi connectivity index (χ1n) is 7.49. The maximum Gasteiger partial charge on any atom is 0.292 e. The molecule has 1 unspecified atom stereocenters. The fourth-order valence-electron chi connectivity index (χ4n) is 2.38. The number of nitro groups is 1. The average molecular weight is 380 g/mol. The molecule has 1 N–H and O–H groups in total. The summed E-state index contributed by atoms with van der Waals surface area (Å²) in [6.45, 7) is 0. The van der Waals surface area contributed by atoms with Gasteiger partial charge in [-0.1, -0.05) is 11.6 Å². The predicted octanol–water partition coefficient (Wildman–Crippen LogP) is 3.78. The minimum atomic E-state index is -0.581. The maximum atomic E-state index is 12.6. The fourth-order valence-corrected chi connectivity index (χ4v) is 3.64. The SMILES string of the molecule is O=C(Nc1cc(Cl)ccc1[N+](=O)[O-])c1cccnc1OC1CCSC1. The van der Waals surface area contributed by atoms with Gasteiger partial charge in [0.2, 0.25) is 5.88 Å². The number of carbonyl (C=O) groups is 1. The van der Waals surface area contributed by atoms with Crippen LogP contribution < -0.4 is 10.1 Å². The molecule has 0 aliphatic carbocycles. The third kappa shape index (κ3) is 4.21. The summed E-state index contributed by atoms with van der Waals surface area (Å²) in [5.41, 5.74) is -0.00120. The van der Waals surface area contributed by atoms with Crippen LogP contribution in [0, 0.1) is 10.1 Å². The van der Waals surface area contributed by atoms with Crippen molar-refractivity contribution in [2.24, 2.45) is 0 Å². The van der Waals surface area contributed by atoms with E-state index in [1.807, 2.05) is 0 Å². The van der Waals surface area contributed by atoms with Gasteiger partial charge in [-0.05, 0) is 36.4 Å². The highest BCUT2D eigenvalue weighted by Gasteiger charge is 2.23. The second-order valence-electron chi connectivity index (χ2n) is 5.33. The van der Waals surface area contributed by atoms with Crippen molar-refractivity contribution in [1.29, 1.82) is 0 Å². The number of nitrogens with one attached hydrogen (secondary N) is 1. The normalized spacial score (nSPS) is 16.4. The zero-order chi connectivity index (χ0) is 17.8. The van der Waals surface area contributed by atoms with Gasteiger partial charge in [-0.15, -0.1) is 0 Å². The molecule has 130 valence electrons. The highest BCUT2D eigenvalue weighted by molar-refractivity contribution is 7.99. The van der Waals surface area contributed by atoms with E-state index in [9.17, 15) is 14.9 Å². The van der Waals surface area contributed by atoms with E-state index in [4.69, 9.17) is 16.3 Å². The van der Waals surface area contributed by atoms with Crippen molar-refractivity contribution in [2.75, 3.05) is 16.8 Å². The summed E-state index contributed by atoms with van der Waals surface area (Å²) in [6.07, 6.45) is 2.44. The van der Waals surface area contributed by atoms with Gasteiger partial charge in [0.05, 0.1) is 4.92 Å². The van der Waals surface area contributed by atoms with Crippen LogP contribution in [0.25, 0.3) is 0 Å².